The van der Waals surface area contributed by atoms with Crippen LogP contribution in [0.3, 0.4) is 0 Å². The molecule has 0 spiro atoms. The minimum Gasteiger partial charge on any atom is -0.389 e. The molecule has 0 aromatic heterocycles. The Morgan fingerprint density at radius 2 is 2.21 bits per heavy atom. The van der Waals surface area contributed by atoms with E-state index in [9.17, 15) is 5.11 Å². The van der Waals surface area contributed by atoms with E-state index in [0.29, 0.717) is 13.2 Å². The summed E-state index contributed by atoms with van der Waals surface area (Å²) in [4.78, 5) is 0. The van der Waals surface area contributed by atoms with Gasteiger partial charge >= 0.3 is 0 Å². The lowest BCUT2D eigenvalue weighted by Gasteiger charge is -2.16. The van der Waals surface area contributed by atoms with Gasteiger partial charge in [0.2, 0.25) is 0 Å². The molecule has 104 valence electrons. The Kier molecular flexibility index (Phi) is 6.98. The first-order valence-corrected chi connectivity index (χ1v) is 6.25. The number of aliphatic hydroxyl groups excluding tert-OH is 1. The number of terminal acetylenes is 1. The second-order valence-electron chi connectivity index (χ2n) is 4.36. The summed E-state index contributed by atoms with van der Waals surface area (Å²) in [5.74, 6) is 2.57. The largest absolute Gasteiger partial charge is 0.389 e. The van der Waals surface area contributed by atoms with Crippen LogP contribution in [0.4, 0.5) is 5.69 Å². The number of aliphatic hydroxyl groups is 1. The number of anilines is 1. The van der Waals surface area contributed by atoms with Crippen molar-refractivity contribution in [2.75, 3.05) is 32.2 Å². The molecule has 0 aliphatic rings. The smallest absolute Gasteiger partial charge is 0.0945 e. The van der Waals surface area contributed by atoms with Crippen molar-refractivity contribution in [3.63, 3.8) is 0 Å². The zero-order valence-corrected chi connectivity index (χ0v) is 11.4. The summed E-state index contributed by atoms with van der Waals surface area (Å²) in [6.45, 7) is 3.10. The normalized spacial score (nSPS) is 13.6. The first-order chi connectivity index (χ1) is 9.15. The monoisotopic (exact) mass is 263 g/mol. The topological polar surface area (TPSA) is 50.7 Å². The van der Waals surface area contributed by atoms with Crippen LogP contribution in [0.15, 0.2) is 24.3 Å². The molecule has 0 saturated carbocycles. The average molecular weight is 263 g/mol. The highest BCUT2D eigenvalue weighted by molar-refractivity contribution is 5.49. The van der Waals surface area contributed by atoms with Gasteiger partial charge in [-0.15, -0.1) is 6.42 Å². The fourth-order valence-corrected chi connectivity index (χ4v) is 1.57. The minimum atomic E-state index is -0.575. The zero-order chi connectivity index (χ0) is 14.1. The maximum absolute atomic E-state index is 9.79. The van der Waals surface area contributed by atoms with Gasteiger partial charge in [0.25, 0.3) is 0 Å². The van der Waals surface area contributed by atoms with Crippen molar-refractivity contribution < 1.29 is 14.6 Å². The Balaban J connectivity index is 2.29. The quantitative estimate of drug-likeness (QED) is 0.698. The number of ether oxygens (including phenoxy) is 2. The molecule has 0 heterocycles. The van der Waals surface area contributed by atoms with E-state index >= 15 is 0 Å². The molecule has 19 heavy (non-hydrogen) atoms. The Morgan fingerprint density at radius 3 is 2.89 bits per heavy atom. The van der Waals surface area contributed by atoms with E-state index in [0.717, 1.165) is 11.3 Å². The van der Waals surface area contributed by atoms with Gasteiger partial charge in [-0.25, -0.2) is 0 Å². The number of hydrogen-bond acceptors (Lipinski definition) is 4. The van der Waals surface area contributed by atoms with Gasteiger partial charge in [0.05, 0.1) is 25.4 Å². The lowest BCUT2D eigenvalue weighted by Crippen LogP contribution is -2.28. The van der Waals surface area contributed by atoms with E-state index in [2.05, 4.69) is 11.2 Å². The molecule has 0 radical (unpaired) electrons. The van der Waals surface area contributed by atoms with E-state index < -0.39 is 6.10 Å². The van der Waals surface area contributed by atoms with E-state index in [-0.39, 0.29) is 12.7 Å². The van der Waals surface area contributed by atoms with Crippen LogP contribution in [0.25, 0.3) is 0 Å². The Labute approximate surface area is 114 Å². The second kappa shape index (κ2) is 8.54. The predicted octanol–water partition coefficient (Wildman–Crippen LogP) is 1.49. The van der Waals surface area contributed by atoms with Gasteiger partial charge in [0.1, 0.15) is 0 Å². The molecule has 2 atom stereocenters. The molecule has 4 heteroatoms. The van der Waals surface area contributed by atoms with Crippen LogP contribution in [0.2, 0.25) is 0 Å². The Hall–Kier alpha value is -1.54. The highest BCUT2D eigenvalue weighted by atomic mass is 16.5. The number of hydrogen-bond donors (Lipinski definition) is 2. The molecule has 0 aliphatic carbocycles. The van der Waals surface area contributed by atoms with Gasteiger partial charge in [-0.1, -0.05) is 12.0 Å². The molecule has 1 aromatic carbocycles. The van der Waals surface area contributed by atoms with Gasteiger partial charge in [-0.2, -0.15) is 0 Å². The third-order valence-corrected chi connectivity index (χ3v) is 2.55. The molecule has 1 rings (SSSR count). The van der Waals surface area contributed by atoms with Crippen molar-refractivity contribution in [2.45, 2.75) is 19.1 Å². The molecular weight excluding hydrogens is 242 g/mol. The summed E-state index contributed by atoms with van der Waals surface area (Å²) < 4.78 is 10.4. The molecule has 0 amide bonds. The predicted molar refractivity (Wildman–Crippen MR) is 76.2 cm³/mol. The number of methoxy groups -OCH3 is 1. The third-order valence-electron chi connectivity index (χ3n) is 2.55. The van der Waals surface area contributed by atoms with Gasteiger partial charge in [-0.3, -0.25) is 0 Å². The molecule has 0 aliphatic heterocycles. The summed E-state index contributed by atoms with van der Waals surface area (Å²) in [6.07, 6.45) is 4.73. The highest BCUT2D eigenvalue weighted by Crippen LogP contribution is 2.09. The molecule has 2 unspecified atom stereocenters. The van der Waals surface area contributed by atoms with Crippen molar-refractivity contribution in [3.05, 3.63) is 29.8 Å². The first-order valence-electron chi connectivity index (χ1n) is 6.25. The summed E-state index contributed by atoms with van der Waals surface area (Å²) >= 11 is 0. The van der Waals surface area contributed by atoms with E-state index in [4.69, 9.17) is 15.9 Å². The van der Waals surface area contributed by atoms with E-state index in [1.807, 2.05) is 31.2 Å². The third kappa shape index (κ3) is 6.25. The summed E-state index contributed by atoms with van der Waals surface area (Å²) in [6, 6.07) is 7.50. The molecule has 0 saturated heterocycles. The van der Waals surface area contributed by atoms with Crippen LogP contribution in [0.5, 0.6) is 0 Å². The summed E-state index contributed by atoms with van der Waals surface area (Å²) in [7, 11) is 1.62. The Bertz CT molecular complexity index is 414. The maximum Gasteiger partial charge on any atom is 0.0945 e. The fraction of sp³-hybridized carbons (Fsp3) is 0.467. The Morgan fingerprint density at radius 1 is 1.42 bits per heavy atom. The molecule has 1 aromatic rings. The van der Waals surface area contributed by atoms with Gasteiger partial charge in [0, 0.05) is 24.9 Å². The number of nitrogens with one attached hydrogen (secondary N) is 1. The van der Waals surface area contributed by atoms with Crippen molar-refractivity contribution >= 4 is 5.69 Å². The van der Waals surface area contributed by atoms with Crippen LogP contribution in [-0.2, 0) is 9.47 Å². The lowest BCUT2D eigenvalue weighted by molar-refractivity contribution is -0.0282. The minimum absolute atomic E-state index is 0.0237. The number of rotatable bonds is 8. The van der Waals surface area contributed by atoms with Crippen LogP contribution < -0.4 is 5.32 Å². The lowest BCUT2D eigenvalue weighted by atomic mass is 10.2. The standard InChI is InChI=1S/C15H21NO3/c1-4-13-6-5-7-14(8-13)16-9-15(17)11-19-12(2)10-18-3/h1,5-8,12,15-17H,9-11H2,2-3H3. The fourth-order valence-electron chi connectivity index (χ4n) is 1.57. The van der Waals surface area contributed by atoms with Crippen molar-refractivity contribution in [1.82, 2.24) is 0 Å². The van der Waals surface area contributed by atoms with Gasteiger partial charge in [0.15, 0.2) is 0 Å². The van der Waals surface area contributed by atoms with E-state index in [1.165, 1.54) is 0 Å². The van der Waals surface area contributed by atoms with Crippen LogP contribution in [-0.4, -0.2) is 44.2 Å². The molecule has 2 N–H and O–H groups in total. The van der Waals surface area contributed by atoms with Crippen molar-refractivity contribution in [3.8, 4) is 12.3 Å². The SMILES string of the molecule is C#Cc1cccc(NCC(O)COC(C)COC)c1. The maximum atomic E-state index is 9.79. The zero-order valence-electron chi connectivity index (χ0n) is 11.4. The molecule has 0 bridgehead atoms. The summed E-state index contributed by atoms with van der Waals surface area (Å²) in [5.41, 5.74) is 1.70. The van der Waals surface area contributed by atoms with Crippen molar-refractivity contribution in [2.24, 2.45) is 0 Å². The van der Waals surface area contributed by atoms with Crippen LogP contribution in [0, 0.1) is 12.3 Å². The average Bonchev–Trinajstić information content (AvgIpc) is 2.43. The number of benzene rings is 1. The highest BCUT2D eigenvalue weighted by Gasteiger charge is 2.08. The summed E-state index contributed by atoms with van der Waals surface area (Å²) in [5, 5.41) is 12.9. The van der Waals surface area contributed by atoms with E-state index in [1.54, 1.807) is 7.11 Å². The molecular formula is C15H21NO3. The first kappa shape index (κ1) is 15.5. The van der Waals surface area contributed by atoms with Crippen LogP contribution >= 0.6 is 0 Å². The van der Waals surface area contributed by atoms with Crippen LogP contribution in [0.1, 0.15) is 12.5 Å². The molecule has 4 nitrogen and oxygen atoms in total. The van der Waals surface area contributed by atoms with Gasteiger partial charge < -0.3 is 19.9 Å². The molecule has 0 fully saturated rings. The van der Waals surface area contributed by atoms with Crippen molar-refractivity contribution in [1.29, 1.82) is 0 Å². The second-order valence-corrected chi connectivity index (χ2v) is 4.36. The van der Waals surface area contributed by atoms with Gasteiger partial charge in [-0.05, 0) is 25.1 Å².